The lowest BCUT2D eigenvalue weighted by atomic mass is 10.1. The standard InChI is InChI=1S/C11H17NO5S2/c1-7-5-8(18-9(7)10(14)15)19(16,17)12(4)11(2,3)6-13/h5,13H,6H2,1-4H3,(H,14,15). The predicted molar refractivity (Wildman–Crippen MR) is 72.1 cm³/mol. The second kappa shape index (κ2) is 5.20. The number of carboxylic acid groups (broad SMARTS) is 1. The van der Waals surface area contributed by atoms with Gasteiger partial charge >= 0.3 is 5.97 Å². The number of aliphatic hydroxyl groups is 1. The first-order chi connectivity index (χ1) is 8.54. The number of nitrogens with zero attached hydrogens (tertiary/aromatic N) is 1. The van der Waals surface area contributed by atoms with Gasteiger partial charge in [-0.15, -0.1) is 11.3 Å². The fourth-order valence-corrected chi connectivity index (χ4v) is 4.41. The van der Waals surface area contributed by atoms with Gasteiger partial charge in [-0.05, 0) is 32.4 Å². The van der Waals surface area contributed by atoms with Crippen molar-refractivity contribution in [2.45, 2.75) is 30.5 Å². The summed E-state index contributed by atoms with van der Waals surface area (Å²) in [7, 11) is -2.45. The molecule has 0 amide bonds. The van der Waals surface area contributed by atoms with Gasteiger partial charge in [-0.1, -0.05) is 0 Å². The SMILES string of the molecule is Cc1cc(S(=O)(=O)N(C)C(C)(C)CO)sc1C(=O)O. The van der Waals surface area contributed by atoms with Crippen LogP contribution in [-0.2, 0) is 10.0 Å². The summed E-state index contributed by atoms with van der Waals surface area (Å²) in [6, 6.07) is 1.34. The number of rotatable bonds is 5. The van der Waals surface area contributed by atoms with Crippen LogP contribution < -0.4 is 0 Å². The van der Waals surface area contributed by atoms with Crippen LogP contribution in [-0.4, -0.2) is 48.1 Å². The molecule has 0 atom stereocenters. The van der Waals surface area contributed by atoms with Crippen LogP contribution in [0.2, 0.25) is 0 Å². The normalized spacial score (nSPS) is 12.9. The molecule has 0 aliphatic rings. The number of aromatic carboxylic acids is 1. The van der Waals surface area contributed by atoms with Crippen LogP contribution in [0.3, 0.4) is 0 Å². The molecule has 108 valence electrons. The van der Waals surface area contributed by atoms with E-state index in [1.165, 1.54) is 13.1 Å². The first-order valence-corrected chi connectivity index (χ1v) is 7.73. The molecule has 0 fully saturated rings. The molecule has 1 aromatic rings. The number of hydrogen-bond donors (Lipinski definition) is 2. The summed E-state index contributed by atoms with van der Waals surface area (Å²) >= 11 is 0.719. The molecule has 0 aliphatic carbocycles. The van der Waals surface area contributed by atoms with Gasteiger partial charge in [-0.2, -0.15) is 4.31 Å². The fourth-order valence-electron chi connectivity index (χ4n) is 1.35. The van der Waals surface area contributed by atoms with Crippen LogP contribution in [0.1, 0.15) is 29.1 Å². The Labute approximate surface area is 116 Å². The first kappa shape index (κ1) is 16.1. The minimum absolute atomic E-state index is 0.00813. The Bertz CT molecular complexity index is 588. The van der Waals surface area contributed by atoms with Crippen molar-refractivity contribution in [1.82, 2.24) is 4.31 Å². The maximum absolute atomic E-state index is 12.4. The number of sulfonamides is 1. The minimum atomic E-state index is -3.82. The van der Waals surface area contributed by atoms with E-state index in [1.807, 2.05) is 0 Å². The van der Waals surface area contributed by atoms with Gasteiger partial charge in [-0.25, -0.2) is 13.2 Å². The summed E-state index contributed by atoms with van der Waals surface area (Å²) in [5.41, 5.74) is -0.550. The Morgan fingerprint density at radius 1 is 1.47 bits per heavy atom. The lowest BCUT2D eigenvalue weighted by Crippen LogP contribution is -2.47. The molecular weight excluding hydrogens is 290 g/mol. The summed E-state index contributed by atoms with van der Waals surface area (Å²) in [4.78, 5) is 11.0. The number of likely N-dealkylation sites (N-methyl/N-ethyl adjacent to an activating group) is 1. The highest BCUT2D eigenvalue weighted by Crippen LogP contribution is 2.30. The Kier molecular flexibility index (Phi) is 4.40. The zero-order chi connectivity index (χ0) is 15.0. The topological polar surface area (TPSA) is 94.9 Å². The smallest absolute Gasteiger partial charge is 0.346 e. The van der Waals surface area contributed by atoms with Crippen LogP contribution in [0.5, 0.6) is 0 Å². The lowest BCUT2D eigenvalue weighted by molar-refractivity contribution is 0.0701. The number of aliphatic hydroxyl groups excluding tert-OH is 1. The van der Waals surface area contributed by atoms with E-state index in [2.05, 4.69) is 0 Å². The third-order valence-electron chi connectivity index (χ3n) is 2.94. The molecule has 6 nitrogen and oxygen atoms in total. The summed E-state index contributed by atoms with van der Waals surface area (Å²) in [6.07, 6.45) is 0. The van der Waals surface area contributed by atoms with Gasteiger partial charge in [0.15, 0.2) is 0 Å². The Morgan fingerprint density at radius 2 is 2.00 bits per heavy atom. The molecule has 0 spiro atoms. The molecule has 0 bridgehead atoms. The predicted octanol–water partition coefficient (Wildman–Crippen LogP) is 1.15. The molecule has 1 rings (SSSR count). The lowest BCUT2D eigenvalue weighted by Gasteiger charge is -2.32. The maximum atomic E-state index is 12.4. The van der Waals surface area contributed by atoms with Crippen molar-refractivity contribution < 1.29 is 23.4 Å². The molecule has 0 aromatic carbocycles. The summed E-state index contributed by atoms with van der Waals surface area (Å²) in [5.74, 6) is -1.15. The summed E-state index contributed by atoms with van der Waals surface area (Å²) in [6.45, 7) is 4.39. The molecule has 8 heteroatoms. The van der Waals surface area contributed by atoms with Gasteiger partial charge in [0.1, 0.15) is 9.09 Å². The maximum Gasteiger partial charge on any atom is 0.346 e. The van der Waals surface area contributed by atoms with Crippen molar-refractivity contribution >= 4 is 27.3 Å². The second-order valence-electron chi connectivity index (χ2n) is 4.83. The highest BCUT2D eigenvalue weighted by atomic mass is 32.2. The molecule has 2 N–H and O–H groups in total. The quantitative estimate of drug-likeness (QED) is 0.851. The van der Waals surface area contributed by atoms with E-state index >= 15 is 0 Å². The number of carbonyl (C=O) groups is 1. The first-order valence-electron chi connectivity index (χ1n) is 5.47. The third-order valence-corrected chi connectivity index (χ3v) is 6.69. The molecule has 1 aromatic heterocycles. The van der Waals surface area contributed by atoms with Crippen molar-refractivity contribution in [3.8, 4) is 0 Å². The van der Waals surface area contributed by atoms with E-state index in [0.29, 0.717) is 5.56 Å². The number of thiophene rings is 1. The van der Waals surface area contributed by atoms with Crippen molar-refractivity contribution in [2.75, 3.05) is 13.7 Å². The van der Waals surface area contributed by atoms with Crippen molar-refractivity contribution in [3.63, 3.8) is 0 Å². The average molecular weight is 307 g/mol. The van der Waals surface area contributed by atoms with E-state index in [1.54, 1.807) is 20.8 Å². The van der Waals surface area contributed by atoms with E-state index in [0.717, 1.165) is 15.6 Å². The molecular formula is C11H17NO5S2. The van der Waals surface area contributed by atoms with Gasteiger partial charge in [0.05, 0.1) is 12.1 Å². The number of aryl methyl sites for hydroxylation is 1. The van der Waals surface area contributed by atoms with Crippen molar-refractivity contribution in [1.29, 1.82) is 0 Å². The molecule has 1 heterocycles. The van der Waals surface area contributed by atoms with Gasteiger partial charge in [0.2, 0.25) is 0 Å². The molecule has 0 unspecified atom stereocenters. The molecule has 19 heavy (non-hydrogen) atoms. The average Bonchev–Trinajstić information content (AvgIpc) is 2.71. The van der Waals surface area contributed by atoms with Crippen molar-refractivity contribution in [2.24, 2.45) is 0 Å². The van der Waals surface area contributed by atoms with E-state index < -0.39 is 21.5 Å². The van der Waals surface area contributed by atoms with E-state index in [9.17, 15) is 18.3 Å². The van der Waals surface area contributed by atoms with Crippen LogP contribution >= 0.6 is 11.3 Å². The molecule has 0 radical (unpaired) electrons. The zero-order valence-corrected chi connectivity index (χ0v) is 12.8. The van der Waals surface area contributed by atoms with Gasteiger partial charge < -0.3 is 10.2 Å². The minimum Gasteiger partial charge on any atom is -0.477 e. The second-order valence-corrected chi connectivity index (χ2v) is 8.07. The highest BCUT2D eigenvalue weighted by molar-refractivity contribution is 7.91. The van der Waals surface area contributed by atoms with Crippen LogP contribution in [0.25, 0.3) is 0 Å². The number of hydrogen-bond acceptors (Lipinski definition) is 5. The Morgan fingerprint density at radius 3 is 2.37 bits per heavy atom. The van der Waals surface area contributed by atoms with Crippen molar-refractivity contribution in [3.05, 3.63) is 16.5 Å². The number of carboxylic acids is 1. The molecule has 0 saturated carbocycles. The Balaban J connectivity index is 3.29. The fraction of sp³-hybridized carbons (Fsp3) is 0.545. The van der Waals surface area contributed by atoms with E-state index in [4.69, 9.17) is 5.11 Å². The zero-order valence-electron chi connectivity index (χ0n) is 11.2. The van der Waals surface area contributed by atoms with Crippen LogP contribution in [0, 0.1) is 6.92 Å². The largest absolute Gasteiger partial charge is 0.477 e. The Hall–Kier alpha value is -0.960. The monoisotopic (exact) mass is 307 g/mol. The molecule has 0 saturated heterocycles. The highest BCUT2D eigenvalue weighted by Gasteiger charge is 2.35. The van der Waals surface area contributed by atoms with E-state index in [-0.39, 0.29) is 15.7 Å². The third kappa shape index (κ3) is 2.97. The van der Waals surface area contributed by atoms with Gasteiger partial charge in [0.25, 0.3) is 10.0 Å². The van der Waals surface area contributed by atoms with Gasteiger partial charge in [-0.3, -0.25) is 0 Å². The molecule has 0 aliphatic heterocycles. The summed E-state index contributed by atoms with van der Waals surface area (Å²) in [5, 5.41) is 18.2. The van der Waals surface area contributed by atoms with Crippen LogP contribution in [0.4, 0.5) is 0 Å². The van der Waals surface area contributed by atoms with Gasteiger partial charge in [0, 0.05) is 7.05 Å². The van der Waals surface area contributed by atoms with Crippen LogP contribution in [0.15, 0.2) is 10.3 Å². The summed E-state index contributed by atoms with van der Waals surface area (Å²) < 4.78 is 25.7.